The molecule has 3 rings (SSSR count). The van der Waals surface area contributed by atoms with E-state index in [9.17, 15) is 9.59 Å². The van der Waals surface area contributed by atoms with E-state index in [0.717, 1.165) is 22.7 Å². The fourth-order valence-corrected chi connectivity index (χ4v) is 3.21. The quantitative estimate of drug-likeness (QED) is 0.738. The summed E-state index contributed by atoms with van der Waals surface area (Å²) in [6.45, 7) is 0.524. The monoisotopic (exact) mass is 381 g/mol. The number of amides is 2. The zero-order chi connectivity index (χ0) is 20.1. The van der Waals surface area contributed by atoms with E-state index in [2.05, 4.69) is 10.6 Å². The predicted molar refractivity (Wildman–Crippen MR) is 111 cm³/mol. The van der Waals surface area contributed by atoms with E-state index in [-0.39, 0.29) is 23.7 Å². The van der Waals surface area contributed by atoms with Gasteiger partial charge in [-0.1, -0.05) is 18.2 Å². The lowest BCUT2D eigenvalue weighted by Crippen LogP contribution is -2.29. The lowest BCUT2D eigenvalue weighted by Gasteiger charge is -2.13. The number of carbonyl (C=O) groups is 2. The van der Waals surface area contributed by atoms with Crippen molar-refractivity contribution in [1.82, 2.24) is 5.32 Å². The molecule has 1 fully saturated rings. The number of rotatable bonds is 8. The maximum atomic E-state index is 12.4. The maximum Gasteiger partial charge on any atom is 0.228 e. The van der Waals surface area contributed by atoms with Crippen molar-refractivity contribution in [2.75, 3.05) is 38.0 Å². The average molecular weight is 381 g/mol. The van der Waals surface area contributed by atoms with Gasteiger partial charge in [0.05, 0.1) is 18.9 Å². The lowest BCUT2D eigenvalue weighted by atomic mass is 10.1. The molecule has 28 heavy (non-hydrogen) atoms. The minimum Gasteiger partial charge on any atom is -0.496 e. The van der Waals surface area contributed by atoms with E-state index in [1.165, 1.54) is 0 Å². The third-order valence-corrected chi connectivity index (χ3v) is 5.00. The molecule has 0 aromatic heterocycles. The molecule has 2 atom stereocenters. The second-order valence-electron chi connectivity index (χ2n) is 7.23. The highest BCUT2D eigenvalue weighted by Crippen LogP contribution is 2.39. The van der Waals surface area contributed by atoms with Gasteiger partial charge in [-0.05, 0) is 48.7 Å². The molecule has 0 bridgehead atoms. The largest absolute Gasteiger partial charge is 0.496 e. The average Bonchev–Trinajstić information content (AvgIpc) is 3.50. The number of para-hydroxylation sites is 1. The van der Waals surface area contributed by atoms with Crippen LogP contribution >= 0.6 is 0 Å². The molecule has 0 spiro atoms. The molecule has 1 aliphatic rings. The number of nitrogens with one attached hydrogen (secondary N) is 2. The van der Waals surface area contributed by atoms with Crippen LogP contribution < -0.4 is 20.3 Å². The van der Waals surface area contributed by atoms with Gasteiger partial charge in [-0.3, -0.25) is 9.59 Å². The van der Waals surface area contributed by atoms with Crippen LogP contribution in [-0.2, 0) is 16.0 Å². The molecule has 0 aliphatic heterocycles. The van der Waals surface area contributed by atoms with E-state index < -0.39 is 0 Å². The van der Waals surface area contributed by atoms with Crippen molar-refractivity contribution in [2.24, 2.45) is 11.8 Å². The van der Waals surface area contributed by atoms with Crippen LogP contribution in [0, 0.1) is 11.8 Å². The van der Waals surface area contributed by atoms with Gasteiger partial charge >= 0.3 is 0 Å². The maximum absolute atomic E-state index is 12.4. The molecule has 2 aromatic rings. The Kier molecular flexibility index (Phi) is 6.19. The van der Waals surface area contributed by atoms with Crippen molar-refractivity contribution >= 4 is 23.2 Å². The molecule has 0 radical (unpaired) electrons. The third-order valence-electron chi connectivity index (χ3n) is 5.00. The number of benzene rings is 2. The van der Waals surface area contributed by atoms with Crippen LogP contribution in [0.2, 0.25) is 0 Å². The molecule has 2 N–H and O–H groups in total. The van der Waals surface area contributed by atoms with Crippen LogP contribution in [0.5, 0.6) is 5.75 Å². The summed E-state index contributed by atoms with van der Waals surface area (Å²) in [7, 11) is 5.57. The van der Waals surface area contributed by atoms with Gasteiger partial charge in [0.15, 0.2) is 0 Å². The molecule has 6 heteroatoms. The summed E-state index contributed by atoms with van der Waals surface area (Å²) in [5, 5.41) is 5.83. The highest BCUT2D eigenvalue weighted by atomic mass is 16.5. The number of anilines is 2. The van der Waals surface area contributed by atoms with Gasteiger partial charge in [-0.2, -0.15) is 0 Å². The Labute approximate surface area is 165 Å². The molecule has 2 aromatic carbocycles. The molecule has 1 saturated carbocycles. The smallest absolute Gasteiger partial charge is 0.228 e. The Bertz CT molecular complexity index is 833. The number of carbonyl (C=O) groups excluding carboxylic acids is 2. The van der Waals surface area contributed by atoms with Gasteiger partial charge < -0.3 is 20.3 Å². The second-order valence-corrected chi connectivity index (χ2v) is 7.23. The first kappa shape index (κ1) is 19.7. The summed E-state index contributed by atoms with van der Waals surface area (Å²) in [5.74, 6) is 0.180. The predicted octanol–water partition coefficient (Wildman–Crippen LogP) is 2.69. The summed E-state index contributed by atoms with van der Waals surface area (Å²) >= 11 is 0. The molecule has 6 nitrogen and oxygen atoms in total. The molecule has 0 heterocycles. The highest BCUT2D eigenvalue weighted by Gasteiger charge is 2.47. The van der Waals surface area contributed by atoms with Gasteiger partial charge in [0, 0.05) is 32.0 Å². The highest BCUT2D eigenvalue weighted by molar-refractivity contribution is 5.99. The van der Waals surface area contributed by atoms with Crippen LogP contribution in [0.3, 0.4) is 0 Å². The van der Waals surface area contributed by atoms with Gasteiger partial charge in [-0.25, -0.2) is 0 Å². The molecule has 0 saturated heterocycles. The SMILES string of the molecule is COc1ccccc1CCNC(=O)C1CC1C(=O)Nc1ccc(N(C)C)cc1. The van der Waals surface area contributed by atoms with Crippen LogP contribution in [0.15, 0.2) is 48.5 Å². The van der Waals surface area contributed by atoms with E-state index in [4.69, 9.17) is 4.74 Å². The fourth-order valence-electron chi connectivity index (χ4n) is 3.21. The Morgan fingerprint density at radius 3 is 2.39 bits per heavy atom. The standard InChI is InChI=1S/C22H27N3O3/c1-25(2)17-10-8-16(9-11-17)24-22(27)19-14-18(19)21(26)23-13-12-15-6-4-5-7-20(15)28-3/h4-11,18-19H,12-14H2,1-3H3,(H,23,26)(H,24,27). The number of hydrogen-bond donors (Lipinski definition) is 2. The lowest BCUT2D eigenvalue weighted by molar-refractivity contribution is -0.125. The van der Waals surface area contributed by atoms with E-state index >= 15 is 0 Å². The molecule has 1 aliphatic carbocycles. The first-order chi connectivity index (χ1) is 13.5. The van der Waals surface area contributed by atoms with Crippen molar-refractivity contribution < 1.29 is 14.3 Å². The van der Waals surface area contributed by atoms with Gasteiger partial charge in [0.2, 0.25) is 11.8 Å². The number of ether oxygens (including phenoxy) is 1. The summed E-state index contributed by atoms with van der Waals surface area (Å²) < 4.78 is 5.32. The van der Waals surface area contributed by atoms with Crippen molar-refractivity contribution in [3.8, 4) is 5.75 Å². The topological polar surface area (TPSA) is 70.7 Å². The molecular formula is C22H27N3O3. The van der Waals surface area contributed by atoms with Crippen molar-refractivity contribution in [2.45, 2.75) is 12.8 Å². The number of nitrogens with zero attached hydrogens (tertiary/aromatic N) is 1. The summed E-state index contributed by atoms with van der Waals surface area (Å²) in [6, 6.07) is 15.4. The van der Waals surface area contributed by atoms with Crippen LogP contribution in [0.25, 0.3) is 0 Å². The van der Waals surface area contributed by atoms with Gasteiger partial charge in [0.1, 0.15) is 5.75 Å². The first-order valence-electron chi connectivity index (χ1n) is 9.47. The Morgan fingerprint density at radius 2 is 1.71 bits per heavy atom. The van der Waals surface area contributed by atoms with E-state index in [1.54, 1.807) is 7.11 Å². The molecule has 2 amide bonds. The Balaban J connectivity index is 1.44. The van der Waals surface area contributed by atoms with Gasteiger partial charge in [-0.15, -0.1) is 0 Å². The Hall–Kier alpha value is -3.02. The Morgan fingerprint density at radius 1 is 1.04 bits per heavy atom. The number of methoxy groups -OCH3 is 1. The molecule has 148 valence electrons. The first-order valence-corrected chi connectivity index (χ1v) is 9.47. The summed E-state index contributed by atoms with van der Waals surface area (Å²) in [5.41, 5.74) is 2.87. The van der Waals surface area contributed by atoms with Crippen molar-refractivity contribution in [3.05, 3.63) is 54.1 Å². The fraction of sp³-hybridized carbons (Fsp3) is 0.364. The number of hydrogen-bond acceptors (Lipinski definition) is 4. The van der Waals surface area contributed by atoms with Crippen molar-refractivity contribution in [1.29, 1.82) is 0 Å². The van der Waals surface area contributed by atoms with Crippen LogP contribution in [0.1, 0.15) is 12.0 Å². The van der Waals surface area contributed by atoms with Crippen LogP contribution in [0.4, 0.5) is 11.4 Å². The summed E-state index contributed by atoms with van der Waals surface area (Å²) in [4.78, 5) is 26.7. The normalized spacial score (nSPS) is 17.5. The van der Waals surface area contributed by atoms with Crippen molar-refractivity contribution in [3.63, 3.8) is 0 Å². The zero-order valence-corrected chi connectivity index (χ0v) is 16.6. The third kappa shape index (κ3) is 4.82. The van der Waals surface area contributed by atoms with E-state index in [0.29, 0.717) is 19.4 Å². The zero-order valence-electron chi connectivity index (χ0n) is 16.6. The van der Waals surface area contributed by atoms with Gasteiger partial charge in [0.25, 0.3) is 0 Å². The minimum atomic E-state index is -0.250. The minimum absolute atomic E-state index is 0.0574. The molecular weight excluding hydrogens is 354 g/mol. The second kappa shape index (κ2) is 8.78. The molecule has 2 unspecified atom stereocenters. The van der Waals surface area contributed by atoms with E-state index in [1.807, 2.05) is 67.5 Å². The van der Waals surface area contributed by atoms with Crippen LogP contribution in [-0.4, -0.2) is 39.6 Å². The summed E-state index contributed by atoms with van der Waals surface area (Å²) in [6.07, 6.45) is 1.29.